The van der Waals surface area contributed by atoms with Crippen LogP contribution in [-0.2, 0) is 4.74 Å². The van der Waals surface area contributed by atoms with Crippen LogP contribution >= 0.6 is 0 Å². The van der Waals surface area contributed by atoms with Gasteiger partial charge in [-0.1, -0.05) is 20.3 Å². The van der Waals surface area contributed by atoms with Crippen LogP contribution in [0.4, 0.5) is 0 Å². The summed E-state index contributed by atoms with van der Waals surface area (Å²) in [5, 5.41) is 0. The highest BCUT2D eigenvalue weighted by Gasteiger charge is 2.21. The maximum Gasteiger partial charge on any atom is 0.0824 e. The van der Waals surface area contributed by atoms with Gasteiger partial charge in [0.05, 0.1) is 6.10 Å². The first-order valence-electron chi connectivity index (χ1n) is 3.95. The zero-order valence-corrected chi connectivity index (χ0v) is 7.55. The molecule has 1 aliphatic rings. The highest BCUT2D eigenvalue weighted by atomic mass is 16.5. The van der Waals surface area contributed by atoms with Crippen LogP contribution in [0.1, 0.15) is 20.3 Å². The van der Waals surface area contributed by atoms with Gasteiger partial charge in [-0.25, -0.2) is 0 Å². The van der Waals surface area contributed by atoms with Crippen LogP contribution in [0.5, 0.6) is 0 Å². The molecular formula is C8H19NO. The monoisotopic (exact) mass is 145 g/mol. The number of likely N-dealkylation sites (N-methyl/N-ethyl adjacent to an activating group) is 1. The van der Waals surface area contributed by atoms with Gasteiger partial charge in [0, 0.05) is 20.2 Å². The molecule has 0 aliphatic carbocycles. The molecule has 0 amide bonds. The molecule has 1 fully saturated rings. The van der Waals surface area contributed by atoms with Gasteiger partial charge in [0.15, 0.2) is 0 Å². The maximum atomic E-state index is 5.01. The van der Waals surface area contributed by atoms with Crippen molar-refractivity contribution in [2.75, 3.05) is 27.2 Å². The van der Waals surface area contributed by atoms with Crippen molar-refractivity contribution >= 4 is 0 Å². The fourth-order valence-electron chi connectivity index (χ4n) is 0.791. The highest BCUT2D eigenvalue weighted by molar-refractivity contribution is 4.76. The first-order valence-corrected chi connectivity index (χ1v) is 3.95. The van der Waals surface area contributed by atoms with E-state index in [0.717, 1.165) is 13.1 Å². The molecule has 0 N–H and O–H groups in total. The average Bonchev–Trinajstić information content (AvgIpc) is 1.83. The van der Waals surface area contributed by atoms with Crippen molar-refractivity contribution in [3.05, 3.63) is 0 Å². The lowest BCUT2D eigenvalue weighted by Crippen LogP contribution is -2.48. The van der Waals surface area contributed by atoms with Crippen molar-refractivity contribution in [2.24, 2.45) is 0 Å². The standard InChI is InChI=1S/C5H11NO.C3H8/c1-6-3-5(4-6)7-2;1-3-2/h5H,3-4H2,1-2H3;3H2,1-2H3. The first-order chi connectivity index (χ1) is 4.74. The number of likely N-dealkylation sites (tertiary alicyclic amines) is 1. The van der Waals surface area contributed by atoms with Gasteiger partial charge in [-0.2, -0.15) is 0 Å². The average molecular weight is 145 g/mol. The number of hydrogen-bond acceptors (Lipinski definition) is 2. The predicted octanol–water partition coefficient (Wildman–Crippen LogP) is 1.36. The van der Waals surface area contributed by atoms with Crippen LogP contribution < -0.4 is 0 Å². The molecule has 62 valence electrons. The SMILES string of the molecule is CCC.COC1CN(C)C1. The lowest BCUT2D eigenvalue weighted by molar-refractivity contribution is -0.0155. The minimum absolute atomic E-state index is 0.519. The van der Waals surface area contributed by atoms with E-state index >= 15 is 0 Å². The zero-order valence-electron chi connectivity index (χ0n) is 7.55. The fourth-order valence-corrected chi connectivity index (χ4v) is 0.791. The van der Waals surface area contributed by atoms with E-state index in [4.69, 9.17) is 4.74 Å². The van der Waals surface area contributed by atoms with Crippen molar-refractivity contribution in [1.82, 2.24) is 4.90 Å². The Kier molecular flexibility index (Phi) is 5.64. The van der Waals surface area contributed by atoms with E-state index in [9.17, 15) is 0 Å². The lowest BCUT2D eigenvalue weighted by Gasteiger charge is -2.34. The second kappa shape index (κ2) is 5.69. The molecule has 1 heterocycles. The molecule has 0 unspecified atom stereocenters. The summed E-state index contributed by atoms with van der Waals surface area (Å²) in [4.78, 5) is 2.23. The number of methoxy groups -OCH3 is 1. The maximum absolute atomic E-state index is 5.01. The molecule has 2 heteroatoms. The molecule has 10 heavy (non-hydrogen) atoms. The van der Waals surface area contributed by atoms with E-state index < -0.39 is 0 Å². The summed E-state index contributed by atoms with van der Waals surface area (Å²) < 4.78 is 5.01. The largest absolute Gasteiger partial charge is 0.379 e. The van der Waals surface area contributed by atoms with Crippen LogP contribution in [0.15, 0.2) is 0 Å². The molecular weight excluding hydrogens is 126 g/mol. The predicted molar refractivity (Wildman–Crippen MR) is 44.3 cm³/mol. The number of hydrogen-bond donors (Lipinski definition) is 0. The summed E-state index contributed by atoms with van der Waals surface area (Å²) in [7, 11) is 3.85. The van der Waals surface area contributed by atoms with Crippen molar-refractivity contribution in [1.29, 1.82) is 0 Å². The normalized spacial score (nSPS) is 19.2. The van der Waals surface area contributed by atoms with Crippen LogP contribution in [-0.4, -0.2) is 38.3 Å². The van der Waals surface area contributed by atoms with Gasteiger partial charge in [-0.05, 0) is 7.05 Å². The minimum atomic E-state index is 0.519. The van der Waals surface area contributed by atoms with Crippen LogP contribution in [0.3, 0.4) is 0 Å². The van der Waals surface area contributed by atoms with Crippen LogP contribution in [0.2, 0.25) is 0 Å². The summed E-state index contributed by atoms with van der Waals surface area (Å²) in [5.41, 5.74) is 0. The van der Waals surface area contributed by atoms with E-state index in [0.29, 0.717) is 6.10 Å². The van der Waals surface area contributed by atoms with Gasteiger partial charge in [0.2, 0.25) is 0 Å². The summed E-state index contributed by atoms with van der Waals surface area (Å²) >= 11 is 0. The Morgan fingerprint density at radius 1 is 1.40 bits per heavy atom. The molecule has 0 atom stereocenters. The third-order valence-corrected chi connectivity index (χ3v) is 1.36. The Balaban J connectivity index is 0.000000236. The Bertz CT molecular complexity index is 69.7. The third-order valence-electron chi connectivity index (χ3n) is 1.36. The molecule has 2 nitrogen and oxygen atoms in total. The van der Waals surface area contributed by atoms with Gasteiger partial charge in [0.1, 0.15) is 0 Å². The second-order valence-corrected chi connectivity index (χ2v) is 2.79. The zero-order chi connectivity index (χ0) is 7.98. The molecule has 0 radical (unpaired) electrons. The lowest BCUT2D eigenvalue weighted by atomic mass is 10.2. The van der Waals surface area contributed by atoms with E-state index in [1.807, 2.05) is 0 Å². The van der Waals surface area contributed by atoms with Gasteiger partial charge < -0.3 is 9.64 Å². The smallest absolute Gasteiger partial charge is 0.0824 e. The Morgan fingerprint density at radius 3 is 1.90 bits per heavy atom. The Morgan fingerprint density at radius 2 is 1.80 bits per heavy atom. The van der Waals surface area contributed by atoms with E-state index in [-0.39, 0.29) is 0 Å². The minimum Gasteiger partial charge on any atom is -0.379 e. The van der Waals surface area contributed by atoms with Crippen LogP contribution in [0.25, 0.3) is 0 Å². The summed E-state index contributed by atoms with van der Waals surface area (Å²) in [6, 6.07) is 0. The first kappa shape index (κ1) is 9.92. The molecule has 0 spiro atoms. The summed E-state index contributed by atoms with van der Waals surface area (Å²) in [6.07, 6.45) is 1.77. The van der Waals surface area contributed by atoms with E-state index in [2.05, 4.69) is 25.8 Å². The third kappa shape index (κ3) is 3.85. The number of ether oxygens (including phenoxy) is 1. The fraction of sp³-hybridized carbons (Fsp3) is 1.00. The van der Waals surface area contributed by atoms with Gasteiger partial charge >= 0.3 is 0 Å². The van der Waals surface area contributed by atoms with Gasteiger partial charge in [0.25, 0.3) is 0 Å². The highest BCUT2D eigenvalue weighted by Crippen LogP contribution is 2.05. The van der Waals surface area contributed by atoms with E-state index in [1.54, 1.807) is 7.11 Å². The van der Waals surface area contributed by atoms with Crippen molar-refractivity contribution in [3.63, 3.8) is 0 Å². The molecule has 1 rings (SSSR count). The van der Waals surface area contributed by atoms with Crippen molar-refractivity contribution < 1.29 is 4.74 Å². The summed E-state index contributed by atoms with van der Waals surface area (Å²) in [6.45, 7) is 6.47. The molecule has 0 aromatic carbocycles. The molecule has 0 aromatic rings. The van der Waals surface area contributed by atoms with Crippen molar-refractivity contribution in [3.8, 4) is 0 Å². The van der Waals surface area contributed by atoms with Crippen molar-refractivity contribution in [2.45, 2.75) is 26.4 Å². The Labute approximate surface area is 64.2 Å². The van der Waals surface area contributed by atoms with Gasteiger partial charge in [-0.3, -0.25) is 0 Å². The quantitative estimate of drug-likeness (QED) is 0.552. The van der Waals surface area contributed by atoms with E-state index in [1.165, 1.54) is 6.42 Å². The van der Waals surface area contributed by atoms with Gasteiger partial charge in [-0.15, -0.1) is 0 Å². The second-order valence-electron chi connectivity index (χ2n) is 2.79. The molecule has 0 bridgehead atoms. The summed E-state index contributed by atoms with van der Waals surface area (Å²) in [5.74, 6) is 0. The number of rotatable bonds is 1. The molecule has 0 aromatic heterocycles. The topological polar surface area (TPSA) is 12.5 Å². The van der Waals surface area contributed by atoms with Crippen LogP contribution in [0, 0.1) is 0 Å². The molecule has 1 aliphatic heterocycles. The molecule has 1 saturated heterocycles. The Hall–Kier alpha value is -0.0800. The number of nitrogens with zero attached hydrogens (tertiary/aromatic N) is 1. The molecule has 0 saturated carbocycles.